The molecule has 1 saturated heterocycles. The van der Waals surface area contributed by atoms with Crippen molar-refractivity contribution in [3.05, 3.63) is 65.7 Å². The molecule has 28 heavy (non-hydrogen) atoms. The van der Waals surface area contributed by atoms with E-state index in [4.69, 9.17) is 4.74 Å². The van der Waals surface area contributed by atoms with Gasteiger partial charge < -0.3 is 9.84 Å². The first-order valence-corrected chi connectivity index (χ1v) is 10.5. The Morgan fingerprint density at radius 1 is 0.929 bits per heavy atom. The molecule has 0 radical (unpaired) electrons. The second-order valence-corrected chi connectivity index (χ2v) is 7.87. The van der Waals surface area contributed by atoms with Crippen LogP contribution in [0.4, 0.5) is 0 Å². The van der Waals surface area contributed by atoms with E-state index >= 15 is 0 Å². The van der Waals surface area contributed by atoms with Gasteiger partial charge in [0.2, 0.25) is 0 Å². The van der Waals surface area contributed by atoms with E-state index < -0.39 is 6.10 Å². The molecule has 0 aromatic heterocycles. The maximum absolute atomic E-state index is 10.5. The van der Waals surface area contributed by atoms with E-state index in [9.17, 15) is 5.11 Å². The van der Waals surface area contributed by atoms with Crippen molar-refractivity contribution in [1.29, 1.82) is 0 Å². The zero-order valence-electron chi connectivity index (χ0n) is 17.3. The fraction of sp³-hybridized carbons (Fsp3) is 0.500. The van der Waals surface area contributed by atoms with Gasteiger partial charge in [-0.2, -0.15) is 0 Å². The van der Waals surface area contributed by atoms with Crippen molar-refractivity contribution in [2.45, 2.75) is 38.8 Å². The molecule has 152 valence electrons. The van der Waals surface area contributed by atoms with Gasteiger partial charge in [0.15, 0.2) is 0 Å². The number of ether oxygens (including phenoxy) is 1. The molecule has 4 heteroatoms. The third-order valence-corrected chi connectivity index (χ3v) is 5.68. The summed E-state index contributed by atoms with van der Waals surface area (Å²) in [6.45, 7) is 10.5. The van der Waals surface area contributed by atoms with Gasteiger partial charge >= 0.3 is 0 Å². The maximum atomic E-state index is 10.5. The van der Waals surface area contributed by atoms with Crippen LogP contribution in [0.2, 0.25) is 0 Å². The first kappa shape index (κ1) is 20.8. The SMILES string of the molecule is CC[C@@H](C)c1ccccc1OC[C@H](O)CN1CCN(Cc2ccccc2)CC1. The lowest BCUT2D eigenvalue weighted by Crippen LogP contribution is -2.48. The highest BCUT2D eigenvalue weighted by Gasteiger charge is 2.20. The van der Waals surface area contributed by atoms with E-state index in [-0.39, 0.29) is 0 Å². The highest BCUT2D eigenvalue weighted by atomic mass is 16.5. The van der Waals surface area contributed by atoms with Crippen LogP contribution in [0.5, 0.6) is 5.75 Å². The van der Waals surface area contributed by atoms with Crippen molar-refractivity contribution in [3.8, 4) is 5.75 Å². The van der Waals surface area contributed by atoms with Gasteiger partial charge in [0, 0.05) is 39.3 Å². The van der Waals surface area contributed by atoms with Gasteiger partial charge in [0.05, 0.1) is 0 Å². The van der Waals surface area contributed by atoms with Crippen molar-refractivity contribution in [3.63, 3.8) is 0 Å². The van der Waals surface area contributed by atoms with Gasteiger partial charge in [-0.15, -0.1) is 0 Å². The predicted molar refractivity (Wildman–Crippen MR) is 115 cm³/mol. The van der Waals surface area contributed by atoms with Gasteiger partial charge in [-0.05, 0) is 29.5 Å². The quantitative estimate of drug-likeness (QED) is 0.716. The van der Waals surface area contributed by atoms with E-state index in [1.165, 1.54) is 11.1 Å². The number of benzene rings is 2. The molecule has 0 unspecified atom stereocenters. The number of hydrogen-bond acceptors (Lipinski definition) is 4. The van der Waals surface area contributed by atoms with Crippen LogP contribution in [0, 0.1) is 0 Å². The lowest BCUT2D eigenvalue weighted by atomic mass is 9.98. The van der Waals surface area contributed by atoms with Crippen molar-refractivity contribution < 1.29 is 9.84 Å². The molecule has 3 rings (SSSR count). The summed E-state index contributed by atoms with van der Waals surface area (Å²) in [5.41, 5.74) is 2.59. The number of aliphatic hydroxyl groups is 1. The van der Waals surface area contributed by atoms with Crippen molar-refractivity contribution in [2.75, 3.05) is 39.3 Å². The standard InChI is InChI=1S/C24H34N2O2/c1-3-20(2)23-11-7-8-12-24(23)28-19-22(27)18-26-15-13-25(14-16-26)17-21-9-5-4-6-10-21/h4-12,20,22,27H,3,13-19H2,1-2H3/t20-,22-/m1/s1. The molecule has 1 N–H and O–H groups in total. The monoisotopic (exact) mass is 382 g/mol. The van der Waals surface area contributed by atoms with Crippen molar-refractivity contribution >= 4 is 0 Å². The third-order valence-electron chi connectivity index (χ3n) is 5.68. The Morgan fingerprint density at radius 2 is 1.57 bits per heavy atom. The van der Waals surface area contributed by atoms with Gasteiger partial charge in [-0.25, -0.2) is 0 Å². The number of aliphatic hydroxyl groups excluding tert-OH is 1. The summed E-state index contributed by atoms with van der Waals surface area (Å²) in [7, 11) is 0. The first-order chi connectivity index (χ1) is 13.7. The number of nitrogens with zero attached hydrogens (tertiary/aromatic N) is 2. The van der Waals surface area contributed by atoms with E-state index in [2.05, 4.69) is 66.1 Å². The predicted octanol–water partition coefficient (Wildman–Crippen LogP) is 3.76. The topological polar surface area (TPSA) is 35.9 Å². The summed E-state index contributed by atoms with van der Waals surface area (Å²) in [4.78, 5) is 4.83. The summed E-state index contributed by atoms with van der Waals surface area (Å²) < 4.78 is 5.98. The lowest BCUT2D eigenvalue weighted by Gasteiger charge is -2.35. The molecular weight excluding hydrogens is 348 g/mol. The third kappa shape index (κ3) is 6.06. The summed E-state index contributed by atoms with van der Waals surface area (Å²) in [6, 6.07) is 18.8. The Morgan fingerprint density at radius 3 is 2.29 bits per heavy atom. The minimum Gasteiger partial charge on any atom is -0.491 e. The number of β-amino-alcohol motifs (C(OH)–C–C–N with tert-alkyl or cyclic N) is 1. The molecule has 4 nitrogen and oxygen atoms in total. The number of para-hydroxylation sites is 1. The summed E-state index contributed by atoms with van der Waals surface area (Å²) in [5, 5.41) is 10.5. The normalized spacial score (nSPS) is 18.0. The first-order valence-electron chi connectivity index (χ1n) is 10.5. The molecule has 0 saturated carbocycles. The molecule has 0 spiro atoms. The Kier molecular flexibility index (Phi) is 7.90. The lowest BCUT2D eigenvalue weighted by molar-refractivity contribution is 0.0443. The van der Waals surface area contributed by atoms with Crippen LogP contribution < -0.4 is 4.74 Å². The smallest absolute Gasteiger partial charge is 0.122 e. The van der Waals surface area contributed by atoms with Crippen LogP contribution in [0.15, 0.2) is 54.6 Å². The van der Waals surface area contributed by atoms with Crippen molar-refractivity contribution in [1.82, 2.24) is 9.80 Å². The Balaban J connectivity index is 1.41. The second kappa shape index (κ2) is 10.6. The van der Waals surface area contributed by atoms with Crippen LogP contribution in [0.1, 0.15) is 37.3 Å². The number of hydrogen-bond donors (Lipinski definition) is 1. The minimum atomic E-state index is -0.467. The Hall–Kier alpha value is -1.88. The van der Waals surface area contributed by atoms with Gasteiger partial charge in [0.25, 0.3) is 0 Å². The minimum absolute atomic E-state index is 0.345. The second-order valence-electron chi connectivity index (χ2n) is 7.87. The molecule has 1 aliphatic heterocycles. The molecule has 2 aromatic rings. The average molecular weight is 383 g/mol. The zero-order valence-corrected chi connectivity index (χ0v) is 17.3. The van der Waals surface area contributed by atoms with E-state index in [0.29, 0.717) is 19.1 Å². The fourth-order valence-corrected chi connectivity index (χ4v) is 3.75. The maximum Gasteiger partial charge on any atom is 0.122 e. The highest BCUT2D eigenvalue weighted by molar-refractivity contribution is 5.35. The molecule has 2 atom stereocenters. The Bertz CT molecular complexity index is 699. The largest absolute Gasteiger partial charge is 0.491 e. The van der Waals surface area contributed by atoms with E-state index in [0.717, 1.165) is 44.9 Å². The highest BCUT2D eigenvalue weighted by Crippen LogP contribution is 2.28. The van der Waals surface area contributed by atoms with E-state index in [1.54, 1.807) is 0 Å². The van der Waals surface area contributed by atoms with Gasteiger partial charge in [0.1, 0.15) is 18.5 Å². The summed E-state index contributed by atoms with van der Waals surface area (Å²) >= 11 is 0. The molecule has 1 aliphatic rings. The molecule has 1 heterocycles. The summed E-state index contributed by atoms with van der Waals surface area (Å²) in [5.74, 6) is 1.37. The number of rotatable bonds is 9. The van der Waals surface area contributed by atoms with Gasteiger partial charge in [-0.1, -0.05) is 62.4 Å². The molecule has 0 aliphatic carbocycles. The van der Waals surface area contributed by atoms with Gasteiger partial charge in [-0.3, -0.25) is 9.80 Å². The Labute approximate surface area is 169 Å². The van der Waals surface area contributed by atoms with Crippen LogP contribution in [0.3, 0.4) is 0 Å². The summed E-state index contributed by atoms with van der Waals surface area (Å²) in [6.07, 6.45) is 0.613. The molecule has 0 amide bonds. The molecular formula is C24H34N2O2. The van der Waals surface area contributed by atoms with Crippen molar-refractivity contribution in [2.24, 2.45) is 0 Å². The van der Waals surface area contributed by atoms with E-state index in [1.807, 2.05) is 12.1 Å². The van der Waals surface area contributed by atoms with Crippen LogP contribution in [-0.4, -0.2) is 60.3 Å². The van der Waals surface area contributed by atoms with Crippen LogP contribution in [-0.2, 0) is 6.54 Å². The fourth-order valence-electron chi connectivity index (χ4n) is 3.75. The molecule has 1 fully saturated rings. The van der Waals surface area contributed by atoms with Crippen LogP contribution >= 0.6 is 0 Å². The number of piperazine rings is 1. The zero-order chi connectivity index (χ0) is 19.8. The average Bonchev–Trinajstić information content (AvgIpc) is 2.74. The molecule has 2 aromatic carbocycles. The molecule has 0 bridgehead atoms. The van der Waals surface area contributed by atoms with Crippen LogP contribution in [0.25, 0.3) is 0 Å².